The van der Waals surface area contributed by atoms with Crippen LogP contribution in [0.2, 0.25) is 0 Å². The van der Waals surface area contributed by atoms with Crippen molar-refractivity contribution in [2.45, 2.75) is 26.3 Å². The predicted octanol–water partition coefficient (Wildman–Crippen LogP) is 0.890. The fraction of sp³-hybridized carbons (Fsp3) is 0.889. The molecule has 0 aromatic rings. The number of morpholine rings is 1. The van der Waals surface area contributed by atoms with E-state index in [1.165, 1.54) is 0 Å². The summed E-state index contributed by atoms with van der Waals surface area (Å²) in [6.07, 6.45) is 1.10. The molecule has 1 rings (SSSR count). The average molecular weight is 171 g/mol. The Morgan fingerprint density at radius 2 is 2.33 bits per heavy atom. The molecule has 0 saturated carbocycles. The minimum atomic E-state index is -0.0995. The molecule has 3 heteroatoms. The van der Waals surface area contributed by atoms with Gasteiger partial charge in [0.25, 0.3) is 0 Å². The number of rotatable bonds is 2. The number of esters is 1. The summed E-state index contributed by atoms with van der Waals surface area (Å²) in [4.78, 5) is 12.9. The number of cyclic esters (lactones) is 1. The van der Waals surface area contributed by atoms with Crippen molar-refractivity contribution in [1.29, 1.82) is 0 Å². The highest BCUT2D eigenvalue weighted by Gasteiger charge is 2.25. The smallest absolute Gasteiger partial charge is 0.320 e. The molecule has 0 radical (unpaired) electrons. The van der Waals surface area contributed by atoms with E-state index in [1.807, 2.05) is 7.05 Å². The Kier molecular flexibility index (Phi) is 3.09. The molecule has 0 bridgehead atoms. The molecule has 3 nitrogen and oxygen atoms in total. The lowest BCUT2D eigenvalue weighted by molar-refractivity contribution is -0.153. The zero-order valence-electron chi connectivity index (χ0n) is 8.04. The van der Waals surface area contributed by atoms with Crippen molar-refractivity contribution in [1.82, 2.24) is 4.90 Å². The number of hydrogen-bond acceptors (Lipinski definition) is 3. The van der Waals surface area contributed by atoms with Crippen LogP contribution in [0.15, 0.2) is 0 Å². The highest BCUT2D eigenvalue weighted by molar-refractivity contribution is 5.72. The third-order valence-corrected chi connectivity index (χ3v) is 2.18. The van der Waals surface area contributed by atoms with Crippen LogP contribution < -0.4 is 0 Å². The van der Waals surface area contributed by atoms with E-state index >= 15 is 0 Å². The Balaban J connectivity index is 2.39. The van der Waals surface area contributed by atoms with E-state index in [9.17, 15) is 4.79 Å². The highest BCUT2D eigenvalue weighted by atomic mass is 16.5. The Morgan fingerprint density at radius 3 is 2.83 bits per heavy atom. The van der Waals surface area contributed by atoms with Gasteiger partial charge in [0.05, 0.1) is 6.54 Å². The quantitative estimate of drug-likeness (QED) is 0.578. The number of likely N-dealkylation sites (N-methyl/N-ethyl adjacent to an activating group) is 1. The second-order valence-electron chi connectivity index (χ2n) is 3.88. The van der Waals surface area contributed by atoms with Crippen molar-refractivity contribution in [3.63, 3.8) is 0 Å². The molecule has 0 unspecified atom stereocenters. The lowest BCUT2D eigenvalue weighted by Gasteiger charge is -2.32. The third kappa shape index (κ3) is 2.48. The Hall–Kier alpha value is -0.570. The Bertz CT molecular complexity index is 168. The van der Waals surface area contributed by atoms with Gasteiger partial charge in [0, 0.05) is 6.04 Å². The summed E-state index contributed by atoms with van der Waals surface area (Å²) in [5.41, 5.74) is 0. The lowest BCUT2D eigenvalue weighted by Crippen LogP contribution is -2.45. The standard InChI is InChI=1S/C9H17NO2/c1-7(2)4-8-6-12-9(11)5-10(8)3/h7-8H,4-6H2,1-3H3/t8-/m0/s1. The highest BCUT2D eigenvalue weighted by Crippen LogP contribution is 2.13. The van der Waals surface area contributed by atoms with Gasteiger partial charge in [-0.25, -0.2) is 0 Å². The monoisotopic (exact) mass is 171 g/mol. The summed E-state index contributed by atoms with van der Waals surface area (Å²) in [5.74, 6) is 0.562. The fourth-order valence-corrected chi connectivity index (χ4v) is 1.49. The summed E-state index contributed by atoms with van der Waals surface area (Å²) < 4.78 is 4.98. The normalized spacial score (nSPS) is 26.0. The first-order valence-corrected chi connectivity index (χ1v) is 4.45. The summed E-state index contributed by atoms with van der Waals surface area (Å²) in [5, 5.41) is 0. The number of carbonyl (C=O) groups excluding carboxylic acids is 1. The first-order chi connectivity index (χ1) is 5.59. The number of ether oxygens (including phenoxy) is 1. The van der Waals surface area contributed by atoms with E-state index in [0.29, 0.717) is 25.1 Å². The van der Waals surface area contributed by atoms with Gasteiger partial charge >= 0.3 is 5.97 Å². The van der Waals surface area contributed by atoms with Crippen LogP contribution in [-0.2, 0) is 9.53 Å². The van der Waals surface area contributed by atoms with Crippen LogP contribution in [0.4, 0.5) is 0 Å². The van der Waals surface area contributed by atoms with Gasteiger partial charge in [-0.15, -0.1) is 0 Å². The first-order valence-electron chi connectivity index (χ1n) is 4.45. The van der Waals surface area contributed by atoms with Crippen LogP contribution in [0.3, 0.4) is 0 Å². The van der Waals surface area contributed by atoms with Gasteiger partial charge in [-0.3, -0.25) is 9.69 Å². The summed E-state index contributed by atoms with van der Waals surface area (Å²) in [7, 11) is 1.98. The molecule has 70 valence electrons. The minimum Gasteiger partial charge on any atom is -0.463 e. The SMILES string of the molecule is CC(C)C[C@H]1COC(=O)CN1C. The topological polar surface area (TPSA) is 29.5 Å². The number of nitrogens with zero attached hydrogens (tertiary/aromatic N) is 1. The van der Waals surface area contributed by atoms with Crippen LogP contribution >= 0.6 is 0 Å². The Labute approximate surface area is 73.7 Å². The average Bonchev–Trinajstić information content (AvgIpc) is 1.94. The van der Waals surface area contributed by atoms with Gasteiger partial charge in [-0.2, -0.15) is 0 Å². The molecule has 12 heavy (non-hydrogen) atoms. The summed E-state index contributed by atoms with van der Waals surface area (Å²) >= 11 is 0. The second-order valence-corrected chi connectivity index (χ2v) is 3.88. The molecule has 1 atom stereocenters. The molecule has 1 heterocycles. The fourth-order valence-electron chi connectivity index (χ4n) is 1.49. The van der Waals surface area contributed by atoms with Gasteiger partial charge in [0.2, 0.25) is 0 Å². The molecule has 0 N–H and O–H groups in total. The van der Waals surface area contributed by atoms with E-state index in [-0.39, 0.29) is 5.97 Å². The minimum absolute atomic E-state index is 0.0995. The van der Waals surface area contributed by atoms with E-state index in [2.05, 4.69) is 18.7 Å². The maximum absolute atomic E-state index is 10.8. The molecular weight excluding hydrogens is 154 g/mol. The van der Waals surface area contributed by atoms with Crippen molar-refractivity contribution < 1.29 is 9.53 Å². The van der Waals surface area contributed by atoms with Crippen molar-refractivity contribution in [3.8, 4) is 0 Å². The van der Waals surface area contributed by atoms with E-state index in [4.69, 9.17) is 4.74 Å². The first kappa shape index (κ1) is 9.52. The van der Waals surface area contributed by atoms with Gasteiger partial charge in [-0.1, -0.05) is 13.8 Å². The molecule has 0 aliphatic carbocycles. The van der Waals surface area contributed by atoms with E-state index in [1.54, 1.807) is 0 Å². The van der Waals surface area contributed by atoms with E-state index in [0.717, 1.165) is 6.42 Å². The molecule has 0 aromatic heterocycles. The zero-order valence-corrected chi connectivity index (χ0v) is 8.04. The van der Waals surface area contributed by atoms with Crippen LogP contribution in [0, 0.1) is 5.92 Å². The summed E-state index contributed by atoms with van der Waals surface area (Å²) in [6.45, 7) is 5.37. The van der Waals surface area contributed by atoms with E-state index < -0.39 is 0 Å². The zero-order chi connectivity index (χ0) is 9.14. The largest absolute Gasteiger partial charge is 0.463 e. The van der Waals surface area contributed by atoms with Crippen molar-refractivity contribution in [2.75, 3.05) is 20.2 Å². The molecule has 1 fully saturated rings. The third-order valence-electron chi connectivity index (χ3n) is 2.18. The molecule has 1 aliphatic rings. The second kappa shape index (κ2) is 3.90. The molecular formula is C9H17NO2. The maximum atomic E-state index is 10.8. The van der Waals surface area contributed by atoms with Gasteiger partial charge in [0.1, 0.15) is 6.61 Å². The maximum Gasteiger partial charge on any atom is 0.320 e. The molecule has 0 aromatic carbocycles. The molecule has 0 amide bonds. The Morgan fingerprint density at radius 1 is 1.67 bits per heavy atom. The van der Waals surface area contributed by atoms with Crippen molar-refractivity contribution in [3.05, 3.63) is 0 Å². The van der Waals surface area contributed by atoms with Gasteiger partial charge in [0.15, 0.2) is 0 Å². The van der Waals surface area contributed by atoms with Crippen LogP contribution in [0.25, 0.3) is 0 Å². The molecule has 0 spiro atoms. The van der Waals surface area contributed by atoms with Gasteiger partial charge < -0.3 is 4.74 Å². The van der Waals surface area contributed by atoms with Crippen LogP contribution in [-0.4, -0.2) is 37.1 Å². The van der Waals surface area contributed by atoms with Gasteiger partial charge in [-0.05, 0) is 19.4 Å². The summed E-state index contributed by atoms with van der Waals surface area (Å²) in [6, 6.07) is 0.419. The number of hydrogen-bond donors (Lipinski definition) is 0. The number of carbonyl (C=O) groups is 1. The lowest BCUT2D eigenvalue weighted by atomic mass is 10.0. The van der Waals surface area contributed by atoms with Crippen molar-refractivity contribution in [2.24, 2.45) is 5.92 Å². The predicted molar refractivity (Wildman–Crippen MR) is 46.8 cm³/mol. The molecule has 1 saturated heterocycles. The van der Waals surface area contributed by atoms with Crippen LogP contribution in [0.5, 0.6) is 0 Å². The van der Waals surface area contributed by atoms with Crippen LogP contribution in [0.1, 0.15) is 20.3 Å². The van der Waals surface area contributed by atoms with Crippen molar-refractivity contribution >= 4 is 5.97 Å². The molecule has 1 aliphatic heterocycles.